The molecule has 0 radical (unpaired) electrons. The van der Waals surface area contributed by atoms with Crippen LogP contribution >= 0.6 is 0 Å². The van der Waals surface area contributed by atoms with Gasteiger partial charge in [0.25, 0.3) is 0 Å². The zero-order valence-electron chi connectivity index (χ0n) is 18.5. The third-order valence-electron chi connectivity index (χ3n) is 8.28. The van der Waals surface area contributed by atoms with Gasteiger partial charge < -0.3 is 14.9 Å². The number of benzene rings is 1. The van der Waals surface area contributed by atoms with Crippen molar-refractivity contribution in [2.24, 2.45) is 10.8 Å². The highest BCUT2D eigenvalue weighted by atomic mass is 16.3. The maximum Gasteiger partial charge on any atom is 0.228 e. The van der Waals surface area contributed by atoms with E-state index in [4.69, 9.17) is 0 Å². The van der Waals surface area contributed by atoms with Crippen LogP contribution in [0.4, 0.5) is 5.69 Å². The molecule has 1 saturated heterocycles. The Balaban J connectivity index is 1.32. The predicted molar refractivity (Wildman–Crippen MR) is 118 cm³/mol. The van der Waals surface area contributed by atoms with E-state index in [1.165, 1.54) is 11.3 Å². The van der Waals surface area contributed by atoms with Crippen molar-refractivity contribution >= 4 is 11.6 Å². The Bertz CT molecular complexity index is 739. The number of para-hydroxylation sites is 1. The van der Waals surface area contributed by atoms with Crippen molar-refractivity contribution in [3.63, 3.8) is 0 Å². The number of rotatable bonds is 4. The van der Waals surface area contributed by atoms with E-state index in [2.05, 4.69) is 54.8 Å². The lowest BCUT2D eigenvalue weighted by Gasteiger charge is -2.49. The molecule has 1 amide bonds. The van der Waals surface area contributed by atoms with Gasteiger partial charge in [0.05, 0.1) is 5.60 Å². The molecule has 3 aliphatic rings. The van der Waals surface area contributed by atoms with E-state index in [9.17, 15) is 9.90 Å². The quantitative estimate of drug-likeness (QED) is 0.818. The lowest BCUT2D eigenvalue weighted by Crippen LogP contribution is -2.52. The highest BCUT2D eigenvalue weighted by molar-refractivity contribution is 5.82. The van der Waals surface area contributed by atoms with Crippen molar-refractivity contribution in [3.05, 3.63) is 29.8 Å². The Hall–Kier alpha value is -1.55. The second kappa shape index (κ2) is 7.61. The van der Waals surface area contributed by atoms with E-state index in [0.717, 1.165) is 77.5 Å². The molecule has 29 heavy (non-hydrogen) atoms. The van der Waals surface area contributed by atoms with E-state index in [1.807, 2.05) is 0 Å². The number of nitrogens with zero attached hydrogens (tertiary/aromatic N) is 2. The normalized spacial score (nSPS) is 23.3. The third kappa shape index (κ3) is 4.05. The molecule has 0 unspecified atom stereocenters. The van der Waals surface area contributed by atoms with Crippen LogP contribution in [0.1, 0.15) is 71.3 Å². The molecule has 0 bridgehead atoms. The maximum absolute atomic E-state index is 12.8. The van der Waals surface area contributed by atoms with Gasteiger partial charge in [-0.1, -0.05) is 39.0 Å². The number of carbonyl (C=O) groups excluding carboxylic acids is 1. The van der Waals surface area contributed by atoms with Gasteiger partial charge in [0.15, 0.2) is 0 Å². The molecule has 2 aliphatic heterocycles. The van der Waals surface area contributed by atoms with E-state index in [0.29, 0.717) is 11.3 Å². The Morgan fingerprint density at radius 3 is 2.34 bits per heavy atom. The minimum atomic E-state index is -0.570. The van der Waals surface area contributed by atoms with E-state index >= 15 is 0 Å². The summed E-state index contributed by atoms with van der Waals surface area (Å²) in [6.07, 6.45) is 8.15. The molecule has 4 nitrogen and oxygen atoms in total. The monoisotopic (exact) mass is 398 g/mol. The smallest absolute Gasteiger partial charge is 0.228 e. The summed E-state index contributed by atoms with van der Waals surface area (Å²) in [5, 5.41) is 11.3. The zero-order chi connectivity index (χ0) is 20.7. The van der Waals surface area contributed by atoms with Gasteiger partial charge in [0, 0.05) is 37.3 Å². The summed E-state index contributed by atoms with van der Waals surface area (Å²) in [6.45, 7) is 9.80. The summed E-state index contributed by atoms with van der Waals surface area (Å²) in [4.78, 5) is 17.3. The number of fused-ring (bicyclic) bond motifs is 1. The Kier molecular flexibility index (Phi) is 5.43. The largest absolute Gasteiger partial charge is 0.388 e. The number of piperidine rings is 1. The molecule has 1 spiro atoms. The van der Waals surface area contributed by atoms with Crippen molar-refractivity contribution in [2.45, 2.75) is 77.7 Å². The van der Waals surface area contributed by atoms with Crippen LogP contribution in [0.2, 0.25) is 0 Å². The fourth-order valence-electron chi connectivity index (χ4n) is 5.59. The molecule has 4 rings (SSSR count). The van der Waals surface area contributed by atoms with Crippen molar-refractivity contribution < 1.29 is 9.90 Å². The van der Waals surface area contributed by atoms with Crippen LogP contribution in [-0.2, 0) is 11.2 Å². The maximum atomic E-state index is 12.8. The molecule has 2 fully saturated rings. The highest BCUT2D eigenvalue weighted by Crippen LogP contribution is 2.48. The summed E-state index contributed by atoms with van der Waals surface area (Å²) in [7, 11) is 0. The fraction of sp³-hybridized carbons (Fsp3) is 0.720. The minimum absolute atomic E-state index is 0.247. The van der Waals surface area contributed by atoms with Crippen LogP contribution in [0.5, 0.6) is 0 Å². The van der Waals surface area contributed by atoms with Crippen LogP contribution in [0.3, 0.4) is 0 Å². The van der Waals surface area contributed by atoms with Crippen LogP contribution in [-0.4, -0.2) is 47.7 Å². The topological polar surface area (TPSA) is 43.8 Å². The first-order valence-electron chi connectivity index (χ1n) is 11.6. The Labute approximate surface area is 176 Å². The van der Waals surface area contributed by atoms with Crippen LogP contribution < -0.4 is 4.90 Å². The molecular weight excluding hydrogens is 360 g/mol. The van der Waals surface area contributed by atoms with E-state index < -0.39 is 5.60 Å². The first kappa shape index (κ1) is 20.7. The first-order valence-corrected chi connectivity index (χ1v) is 11.6. The fourth-order valence-corrected chi connectivity index (χ4v) is 5.59. The number of carbonyl (C=O) groups is 1. The van der Waals surface area contributed by atoms with Gasteiger partial charge in [0.2, 0.25) is 5.91 Å². The predicted octanol–water partition coefficient (Wildman–Crippen LogP) is 4.40. The van der Waals surface area contributed by atoms with Crippen molar-refractivity contribution in [3.8, 4) is 0 Å². The molecule has 1 aromatic rings. The lowest BCUT2D eigenvalue weighted by molar-refractivity contribution is -0.144. The van der Waals surface area contributed by atoms with Gasteiger partial charge in [-0.05, 0) is 68.4 Å². The average Bonchev–Trinajstić information content (AvgIpc) is 3.13. The minimum Gasteiger partial charge on any atom is -0.388 e. The average molecular weight is 399 g/mol. The molecule has 1 aliphatic carbocycles. The molecule has 1 aromatic carbocycles. The van der Waals surface area contributed by atoms with Crippen molar-refractivity contribution in [1.29, 1.82) is 0 Å². The number of anilines is 1. The van der Waals surface area contributed by atoms with Gasteiger partial charge in [0.1, 0.15) is 0 Å². The van der Waals surface area contributed by atoms with Crippen LogP contribution in [0.15, 0.2) is 24.3 Å². The second-order valence-electron chi connectivity index (χ2n) is 10.6. The number of β-amino-alcohol motifs (C(OH)–C–C–N with tert-alkyl or cyclic N) is 1. The number of aliphatic hydroxyl groups is 1. The molecule has 0 aromatic heterocycles. The van der Waals surface area contributed by atoms with Crippen molar-refractivity contribution in [2.75, 3.05) is 31.1 Å². The number of hydrogen-bond acceptors (Lipinski definition) is 3. The summed E-state index contributed by atoms with van der Waals surface area (Å²) < 4.78 is 0. The van der Waals surface area contributed by atoms with Crippen LogP contribution in [0.25, 0.3) is 0 Å². The first-order chi connectivity index (χ1) is 13.8. The van der Waals surface area contributed by atoms with Gasteiger partial charge in [-0.2, -0.15) is 0 Å². The number of likely N-dealkylation sites (tertiary alicyclic amines) is 1. The second-order valence-corrected chi connectivity index (χ2v) is 10.6. The Morgan fingerprint density at radius 1 is 1.03 bits per heavy atom. The molecule has 160 valence electrons. The summed E-state index contributed by atoms with van der Waals surface area (Å²) in [6, 6.07) is 8.62. The molecular formula is C25H38N2O2. The summed E-state index contributed by atoms with van der Waals surface area (Å²) in [5.41, 5.74) is 2.24. The molecule has 0 atom stereocenters. The van der Waals surface area contributed by atoms with Gasteiger partial charge in [-0.25, -0.2) is 0 Å². The third-order valence-corrected chi connectivity index (χ3v) is 8.28. The molecule has 4 heteroatoms. The van der Waals surface area contributed by atoms with Crippen molar-refractivity contribution in [1.82, 2.24) is 4.90 Å². The zero-order valence-corrected chi connectivity index (χ0v) is 18.5. The Morgan fingerprint density at radius 2 is 1.69 bits per heavy atom. The SMILES string of the molecule is CCC(C)(C)C(=O)N1CCC2(CC1)CCC(O)(CN1CCc3ccccc31)CC2. The van der Waals surface area contributed by atoms with E-state index in [1.54, 1.807) is 0 Å². The number of hydrogen-bond donors (Lipinski definition) is 1. The lowest BCUT2D eigenvalue weighted by atomic mass is 9.64. The summed E-state index contributed by atoms with van der Waals surface area (Å²) >= 11 is 0. The highest BCUT2D eigenvalue weighted by Gasteiger charge is 2.45. The number of amides is 1. The molecule has 2 heterocycles. The molecule has 1 N–H and O–H groups in total. The standard InChI is InChI=1S/C25H38N2O2/c1-4-23(2,3)22(28)26-17-14-24(15-18-26)10-12-25(29,13-11-24)19-27-16-9-20-7-5-6-8-21(20)27/h5-8,29H,4,9-19H2,1-3H3. The van der Waals surface area contributed by atoms with Gasteiger partial charge in [-0.3, -0.25) is 4.79 Å². The van der Waals surface area contributed by atoms with Gasteiger partial charge in [-0.15, -0.1) is 0 Å². The van der Waals surface area contributed by atoms with Crippen LogP contribution in [0, 0.1) is 10.8 Å². The summed E-state index contributed by atoms with van der Waals surface area (Å²) in [5.74, 6) is 0.315. The molecule has 1 saturated carbocycles. The van der Waals surface area contributed by atoms with E-state index in [-0.39, 0.29) is 5.41 Å². The van der Waals surface area contributed by atoms with Gasteiger partial charge >= 0.3 is 0 Å².